The van der Waals surface area contributed by atoms with Gasteiger partial charge in [-0.15, -0.1) is 0 Å². The standard InChI is InChI=1S/C15H16BrNO4S/c1-8(2)17-14(18)13(22-15(17)19)6-9-5-11(20-3)12(21-4)7-10(9)16/h5-8H,1-4H3/b13-6+. The molecule has 0 atom stereocenters. The smallest absolute Gasteiger partial charge is 0.293 e. The highest BCUT2D eigenvalue weighted by atomic mass is 79.9. The van der Waals surface area contributed by atoms with E-state index in [4.69, 9.17) is 9.47 Å². The minimum Gasteiger partial charge on any atom is -0.493 e. The number of hydrogen-bond acceptors (Lipinski definition) is 5. The zero-order valence-electron chi connectivity index (χ0n) is 12.7. The van der Waals surface area contributed by atoms with Gasteiger partial charge in [-0.2, -0.15) is 0 Å². The molecule has 0 bridgehead atoms. The Morgan fingerprint density at radius 1 is 1.18 bits per heavy atom. The van der Waals surface area contributed by atoms with Gasteiger partial charge in [0, 0.05) is 10.5 Å². The summed E-state index contributed by atoms with van der Waals surface area (Å²) in [6, 6.07) is 3.36. The molecule has 1 aromatic carbocycles. The van der Waals surface area contributed by atoms with E-state index in [0.717, 1.165) is 21.8 Å². The maximum atomic E-state index is 12.3. The fraction of sp³-hybridized carbons (Fsp3) is 0.333. The van der Waals surface area contributed by atoms with Crippen LogP contribution in [-0.2, 0) is 4.79 Å². The Hall–Kier alpha value is -1.47. The van der Waals surface area contributed by atoms with Crippen LogP contribution in [0, 0.1) is 0 Å². The number of methoxy groups -OCH3 is 2. The number of amides is 2. The zero-order chi connectivity index (χ0) is 16.4. The van der Waals surface area contributed by atoms with Crippen LogP contribution in [0.15, 0.2) is 21.5 Å². The van der Waals surface area contributed by atoms with Crippen LogP contribution in [-0.4, -0.2) is 36.3 Å². The molecule has 118 valence electrons. The number of carbonyl (C=O) groups excluding carboxylic acids is 2. The summed E-state index contributed by atoms with van der Waals surface area (Å²) in [7, 11) is 3.10. The topological polar surface area (TPSA) is 55.8 Å². The van der Waals surface area contributed by atoms with Gasteiger partial charge in [-0.3, -0.25) is 14.5 Å². The summed E-state index contributed by atoms with van der Waals surface area (Å²) in [5, 5.41) is -0.247. The zero-order valence-corrected chi connectivity index (χ0v) is 15.1. The Kier molecular flexibility index (Phi) is 5.18. The third-order valence-electron chi connectivity index (χ3n) is 3.13. The number of halogens is 1. The molecule has 0 radical (unpaired) electrons. The highest BCUT2D eigenvalue weighted by molar-refractivity contribution is 9.10. The lowest BCUT2D eigenvalue weighted by atomic mass is 10.1. The average molecular weight is 386 g/mol. The van der Waals surface area contributed by atoms with E-state index in [1.807, 2.05) is 13.8 Å². The minimum absolute atomic E-state index is 0.160. The van der Waals surface area contributed by atoms with Crippen molar-refractivity contribution >= 4 is 44.9 Å². The number of ether oxygens (including phenoxy) is 2. The first-order chi connectivity index (χ1) is 10.4. The Morgan fingerprint density at radius 2 is 1.77 bits per heavy atom. The summed E-state index contributed by atoms with van der Waals surface area (Å²) >= 11 is 4.38. The van der Waals surface area contributed by atoms with Crippen molar-refractivity contribution in [1.29, 1.82) is 0 Å². The van der Waals surface area contributed by atoms with Crippen molar-refractivity contribution in [1.82, 2.24) is 4.90 Å². The Morgan fingerprint density at radius 3 is 2.27 bits per heavy atom. The molecule has 1 aromatic rings. The molecule has 0 saturated carbocycles. The van der Waals surface area contributed by atoms with Gasteiger partial charge in [0.2, 0.25) is 0 Å². The maximum absolute atomic E-state index is 12.3. The Balaban J connectivity index is 2.42. The lowest BCUT2D eigenvalue weighted by molar-refractivity contribution is -0.123. The van der Waals surface area contributed by atoms with Crippen molar-refractivity contribution in [2.45, 2.75) is 19.9 Å². The largest absolute Gasteiger partial charge is 0.493 e. The highest BCUT2D eigenvalue weighted by Gasteiger charge is 2.36. The van der Waals surface area contributed by atoms with E-state index in [2.05, 4.69) is 15.9 Å². The molecule has 1 aliphatic heterocycles. The SMILES string of the molecule is COc1cc(Br)c(/C=C2/SC(=O)N(C(C)C)C2=O)cc1OC. The number of benzene rings is 1. The molecule has 2 rings (SSSR count). The lowest BCUT2D eigenvalue weighted by Gasteiger charge is -2.16. The van der Waals surface area contributed by atoms with Gasteiger partial charge >= 0.3 is 0 Å². The first kappa shape index (κ1) is 16.9. The van der Waals surface area contributed by atoms with Crippen molar-refractivity contribution in [2.75, 3.05) is 14.2 Å². The van der Waals surface area contributed by atoms with Crippen molar-refractivity contribution < 1.29 is 19.1 Å². The third-order valence-corrected chi connectivity index (χ3v) is 4.70. The fourth-order valence-electron chi connectivity index (χ4n) is 2.05. The summed E-state index contributed by atoms with van der Waals surface area (Å²) in [5.74, 6) is 0.869. The molecule has 1 saturated heterocycles. The second kappa shape index (κ2) is 6.75. The molecular formula is C15H16BrNO4S. The van der Waals surface area contributed by atoms with Gasteiger partial charge < -0.3 is 9.47 Å². The monoisotopic (exact) mass is 385 g/mol. The van der Waals surface area contributed by atoms with Gasteiger partial charge in [0.15, 0.2) is 11.5 Å². The molecule has 1 aliphatic rings. The Labute approximate surface area is 141 Å². The molecule has 1 heterocycles. The molecule has 0 spiro atoms. The van der Waals surface area contributed by atoms with E-state index in [-0.39, 0.29) is 17.2 Å². The number of nitrogens with zero attached hydrogens (tertiary/aromatic N) is 1. The quantitative estimate of drug-likeness (QED) is 0.735. The van der Waals surface area contributed by atoms with E-state index in [0.29, 0.717) is 16.4 Å². The highest BCUT2D eigenvalue weighted by Crippen LogP contribution is 2.38. The average Bonchev–Trinajstić information content (AvgIpc) is 2.74. The van der Waals surface area contributed by atoms with E-state index < -0.39 is 0 Å². The molecule has 22 heavy (non-hydrogen) atoms. The van der Waals surface area contributed by atoms with Gasteiger partial charge in [-0.25, -0.2) is 0 Å². The van der Waals surface area contributed by atoms with Gasteiger partial charge in [0.05, 0.1) is 19.1 Å². The van der Waals surface area contributed by atoms with Crippen LogP contribution in [0.3, 0.4) is 0 Å². The molecule has 0 N–H and O–H groups in total. The van der Waals surface area contributed by atoms with Crippen LogP contribution in [0.5, 0.6) is 11.5 Å². The van der Waals surface area contributed by atoms with Crippen LogP contribution >= 0.6 is 27.7 Å². The van der Waals surface area contributed by atoms with Crippen molar-refractivity contribution in [3.8, 4) is 11.5 Å². The molecule has 7 heteroatoms. The van der Waals surface area contributed by atoms with Crippen LogP contribution in [0.2, 0.25) is 0 Å². The fourth-order valence-corrected chi connectivity index (χ4v) is 3.44. The van der Waals surface area contributed by atoms with Crippen LogP contribution in [0.1, 0.15) is 19.4 Å². The van der Waals surface area contributed by atoms with E-state index in [1.165, 1.54) is 4.90 Å². The second-order valence-electron chi connectivity index (χ2n) is 4.87. The van der Waals surface area contributed by atoms with Crippen molar-refractivity contribution in [3.05, 3.63) is 27.1 Å². The normalized spacial score (nSPS) is 16.8. The second-order valence-corrected chi connectivity index (χ2v) is 6.72. The van der Waals surface area contributed by atoms with Crippen LogP contribution in [0.4, 0.5) is 4.79 Å². The predicted molar refractivity (Wildman–Crippen MR) is 90.2 cm³/mol. The summed E-state index contributed by atoms with van der Waals surface area (Å²) in [6.07, 6.45) is 1.68. The molecule has 1 fully saturated rings. The third kappa shape index (κ3) is 3.15. The Bertz CT molecular complexity index is 657. The summed E-state index contributed by atoms with van der Waals surface area (Å²) < 4.78 is 11.2. The number of imide groups is 1. The summed E-state index contributed by atoms with van der Waals surface area (Å²) in [4.78, 5) is 25.9. The molecule has 0 aromatic heterocycles. The molecule has 2 amide bonds. The summed E-state index contributed by atoms with van der Waals surface area (Å²) in [5.41, 5.74) is 0.743. The minimum atomic E-state index is -0.272. The van der Waals surface area contributed by atoms with Gasteiger partial charge in [-0.05, 0) is 49.4 Å². The number of rotatable bonds is 4. The van der Waals surface area contributed by atoms with Gasteiger partial charge in [-0.1, -0.05) is 15.9 Å². The summed E-state index contributed by atoms with van der Waals surface area (Å²) in [6.45, 7) is 3.62. The first-order valence-corrected chi connectivity index (χ1v) is 8.18. The van der Waals surface area contributed by atoms with Crippen molar-refractivity contribution in [3.63, 3.8) is 0 Å². The number of hydrogen-bond donors (Lipinski definition) is 0. The molecule has 0 unspecified atom stereocenters. The number of carbonyl (C=O) groups is 2. The van der Waals surface area contributed by atoms with Crippen molar-refractivity contribution in [2.24, 2.45) is 0 Å². The molecule has 0 aliphatic carbocycles. The molecular weight excluding hydrogens is 370 g/mol. The van der Waals surface area contributed by atoms with E-state index in [1.54, 1.807) is 32.4 Å². The lowest BCUT2D eigenvalue weighted by Crippen LogP contribution is -2.34. The first-order valence-electron chi connectivity index (χ1n) is 6.57. The van der Waals surface area contributed by atoms with Gasteiger partial charge in [0.25, 0.3) is 11.1 Å². The van der Waals surface area contributed by atoms with E-state index >= 15 is 0 Å². The van der Waals surface area contributed by atoms with Gasteiger partial charge in [0.1, 0.15) is 0 Å². The van der Waals surface area contributed by atoms with Crippen LogP contribution < -0.4 is 9.47 Å². The van der Waals surface area contributed by atoms with E-state index in [9.17, 15) is 9.59 Å². The predicted octanol–water partition coefficient (Wildman–Crippen LogP) is 3.91. The number of thioether (sulfide) groups is 1. The van der Waals surface area contributed by atoms with Crippen LogP contribution in [0.25, 0.3) is 6.08 Å². The maximum Gasteiger partial charge on any atom is 0.293 e. The molecule has 5 nitrogen and oxygen atoms in total.